The van der Waals surface area contributed by atoms with E-state index in [0.717, 1.165) is 0 Å². The monoisotopic (exact) mass is 442 g/mol. The SMILES string of the molecule is O=c1[nH]c(OCC(F)(F)F)nc2c(-c3cc(F)c(F)c(F)c3)c(-c3cccnn3)nn12. The van der Waals surface area contributed by atoms with E-state index >= 15 is 0 Å². The van der Waals surface area contributed by atoms with Gasteiger partial charge in [0, 0.05) is 6.20 Å². The van der Waals surface area contributed by atoms with Crippen molar-refractivity contribution in [3.8, 4) is 28.5 Å². The lowest BCUT2D eigenvalue weighted by molar-refractivity contribution is -0.154. The molecule has 0 aliphatic heterocycles. The van der Waals surface area contributed by atoms with Gasteiger partial charge in [-0.1, -0.05) is 0 Å². The smallest absolute Gasteiger partial charge is 0.422 e. The van der Waals surface area contributed by atoms with E-state index in [1.165, 1.54) is 18.3 Å². The molecule has 4 aromatic rings. The van der Waals surface area contributed by atoms with Gasteiger partial charge in [-0.2, -0.15) is 32.9 Å². The second-order valence-electron chi connectivity index (χ2n) is 6.07. The van der Waals surface area contributed by atoms with Gasteiger partial charge in [0.2, 0.25) is 0 Å². The molecule has 0 aliphatic rings. The Labute approximate surface area is 167 Å². The average molecular weight is 442 g/mol. The maximum atomic E-state index is 13.9. The van der Waals surface area contributed by atoms with Gasteiger partial charge in [0.15, 0.2) is 29.7 Å². The second kappa shape index (κ2) is 7.37. The fraction of sp³-hybridized carbons (Fsp3) is 0.118. The lowest BCUT2D eigenvalue weighted by Crippen LogP contribution is -2.24. The number of fused-ring (bicyclic) bond motifs is 1. The molecule has 160 valence electrons. The predicted octanol–water partition coefficient (Wildman–Crippen LogP) is 2.90. The molecule has 4 rings (SSSR count). The third-order valence-electron chi connectivity index (χ3n) is 3.93. The van der Waals surface area contributed by atoms with Crippen molar-refractivity contribution in [2.24, 2.45) is 0 Å². The van der Waals surface area contributed by atoms with E-state index in [1.54, 1.807) is 0 Å². The molecule has 1 aromatic carbocycles. The highest BCUT2D eigenvalue weighted by molar-refractivity contribution is 5.89. The van der Waals surface area contributed by atoms with Gasteiger partial charge in [-0.25, -0.2) is 18.0 Å². The standard InChI is InChI=1S/C17H8F6N6O2/c18-8-4-7(5-9(19)12(8)20)11-13(10-2-1-3-24-27-10)28-29-14(11)25-15(26-16(29)30)31-6-17(21,22)23/h1-5H,6H2,(H,25,26,30). The van der Waals surface area contributed by atoms with Crippen LogP contribution in [0.15, 0.2) is 35.3 Å². The molecule has 14 heteroatoms. The third kappa shape index (κ3) is 3.91. The molecule has 0 aliphatic carbocycles. The van der Waals surface area contributed by atoms with E-state index in [4.69, 9.17) is 0 Å². The molecule has 31 heavy (non-hydrogen) atoms. The number of nitrogens with zero attached hydrogens (tertiary/aromatic N) is 5. The van der Waals surface area contributed by atoms with Crippen LogP contribution in [0, 0.1) is 17.5 Å². The second-order valence-corrected chi connectivity index (χ2v) is 6.07. The number of halogens is 6. The van der Waals surface area contributed by atoms with Crippen molar-refractivity contribution in [2.75, 3.05) is 6.61 Å². The quantitative estimate of drug-likeness (QED) is 0.386. The van der Waals surface area contributed by atoms with Crippen LogP contribution in [0.5, 0.6) is 6.01 Å². The van der Waals surface area contributed by atoms with Crippen LogP contribution in [0.2, 0.25) is 0 Å². The van der Waals surface area contributed by atoms with Gasteiger partial charge in [-0.15, -0.1) is 5.10 Å². The Bertz CT molecular complexity index is 1310. The Kier molecular flexibility index (Phi) is 4.83. The first-order chi connectivity index (χ1) is 14.6. The minimum atomic E-state index is -4.72. The van der Waals surface area contributed by atoms with Crippen molar-refractivity contribution in [3.63, 3.8) is 0 Å². The lowest BCUT2D eigenvalue weighted by atomic mass is 10.0. The predicted molar refractivity (Wildman–Crippen MR) is 91.5 cm³/mol. The summed E-state index contributed by atoms with van der Waals surface area (Å²) in [5, 5.41) is 11.4. The van der Waals surface area contributed by atoms with E-state index in [1.807, 2.05) is 4.98 Å². The fourth-order valence-corrected chi connectivity index (χ4v) is 2.71. The molecule has 0 saturated carbocycles. The number of hydrogen-bond donors (Lipinski definition) is 1. The first-order valence-corrected chi connectivity index (χ1v) is 8.29. The molecular formula is C17H8F6N6O2. The summed E-state index contributed by atoms with van der Waals surface area (Å²) in [6.45, 7) is -1.76. The molecule has 8 nitrogen and oxygen atoms in total. The van der Waals surface area contributed by atoms with Gasteiger partial charge in [-0.3, -0.25) is 4.98 Å². The maximum Gasteiger partial charge on any atom is 0.422 e. The zero-order valence-electron chi connectivity index (χ0n) is 14.9. The molecule has 0 spiro atoms. The van der Waals surface area contributed by atoms with Gasteiger partial charge >= 0.3 is 11.9 Å². The Balaban J connectivity index is 2.00. The number of ether oxygens (including phenoxy) is 1. The highest BCUT2D eigenvalue weighted by Gasteiger charge is 2.29. The zero-order valence-corrected chi connectivity index (χ0v) is 14.9. The highest BCUT2D eigenvalue weighted by atomic mass is 19.4. The minimum absolute atomic E-state index is 0.0466. The van der Waals surface area contributed by atoms with Gasteiger partial charge in [0.05, 0.1) is 5.56 Å². The van der Waals surface area contributed by atoms with Crippen molar-refractivity contribution in [2.45, 2.75) is 6.18 Å². The summed E-state index contributed by atoms with van der Waals surface area (Å²) >= 11 is 0. The molecule has 0 saturated heterocycles. The van der Waals surface area contributed by atoms with Crippen LogP contribution < -0.4 is 10.4 Å². The number of alkyl halides is 3. The maximum absolute atomic E-state index is 13.9. The largest absolute Gasteiger partial charge is 0.455 e. The molecule has 0 fully saturated rings. The van der Waals surface area contributed by atoms with E-state index in [9.17, 15) is 31.1 Å². The normalized spacial score (nSPS) is 11.8. The molecule has 1 N–H and O–H groups in total. The number of benzene rings is 1. The Morgan fingerprint density at radius 1 is 1.13 bits per heavy atom. The van der Waals surface area contributed by atoms with Crippen LogP contribution in [0.3, 0.4) is 0 Å². The summed E-state index contributed by atoms with van der Waals surface area (Å²) in [6.07, 6.45) is -3.40. The first kappa shape index (κ1) is 20.3. The van der Waals surface area contributed by atoms with E-state index in [0.29, 0.717) is 16.6 Å². The van der Waals surface area contributed by atoms with Crippen LogP contribution >= 0.6 is 0 Å². The Morgan fingerprint density at radius 3 is 2.45 bits per heavy atom. The van der Waals surface area contributed by atoms with Gasteiger partial charge in [0.25, 0.3) is 6.01 Å². The van der Waals surface area contributed by atoms with Crippen molar-refractivity contribution in [1.82, 2.24) is 29.8 Å². The van der Waals surface area contributed by atoms with E-state index in [-0.39, 0.29) is 22.5 Å². The summed E-state index contributed by atoms with van der Waals surface area (Å²) in [5.74, 6) is -4.82. The van der Waals surface area contributed by atoms with Crippen LogP contribution in [-0.4, -0.2) is 42.6 Å². The number of nitrogens with one attached hydrogen (secondary N) is 1. The topological polar surface area (TPSA) is 98.1 Å². The molecule has 0 bridgehead atoms. The summed E-state index contributed by atoms with van der Waals surface area (Å²) < 4.78 is 83.6. The highest BCUT2D eigenvalue weighted by Crippen LogP contribution is 2.34. The minimum Gasteiger partial charge on any atom is -0.455 e. The summed E-state index contributed by atoms with van der Waals surface area (Å²) in [5.41, 5.74) is -2.06. The molecule has 0 amide bonds. The molecular weight excluding hydrogens is 434 g/mol. The zero-order chi connectivity index (χ0) is 22.3. The number of aromatic amines is 1. The third-order valence-corrected chi connectivity index (χ3v) is 3.93. The Hall–Kier alpha value is -3.97. The van der Waals surface area contributed by atoms with Crippen molar-refractivity contribution < 1.29 is 31.1 Å². The Morgan fingerprint density at radius 2 is 1.84 bits per heavy atom. The summed E-state index contributed by atoms with van der Waals surface area (Å²) in [4.78, 5) is 18.1. The van der Waals surface area contributed by atoms with Crippen molar-refractivity contribution in [3.05, 3.63) is 58.4 Å². The number of rotatable bonds is 4. The molecule has 0 unspecified atom stereocenters. The molecule has 0 radical (unpaired) electrons. The van der Waals surface area contributed by atoms with Crippen LogP contribution in [-0.2, 0) is 0 Å². The fourth-order valence-electron chi connectivity index (χ4n) is 2.71. The first-order valence-electron chi connectivity index (χ1n) is 8.29. The number of hydrogen-bond acceptors (Lipinski definition) is 6. The van der Waals surface area contributed by atoms with E-state index in [2.05, 4.69) is 25.0 Å². The van der Waals surface area contributed by atoms with Crippen LogP contribution in [0.1, 0.15) is 0 Å². The number of aromatic nitrogens is 6. The summed E-state index contributed by atoms with van der Waals surface area (Å²) in [6, 6.07) is 3.29. The van der Waals surface area contributed by atoms with Gasteiger partial charge in [0.1, 0.15) is 11.4 Å². The van der Waals surface area contributed by atoms with Crippen LogP contribution in [0.4, 0.5) is 26.3 Å². The average Bonchev–Trinajstić information content (AvgIpc) is 3.10. The summed E-state index contributed by atoms with van der Waals surface area (Å²) in [7, 11) is 0. The van der Waals surface area contributed by atoms with Gasteiger partial charge in [-0.05, 0) is 29.8 Å². The van der Waals surface area contributed by atoms with Crippen molar-refractivity contribution in [1.29, 1.82) is 0 Å². The van der Waals surface area contributed by atoms with Crippen molar-refractivity contribution >= 4 is 5.65 Å². The van der Waals surface area contributed by atoms with E-state index < -0.39 is 47.6 Å². The number of H-pyrrole nitrogens is 1. The molecule has 0 atom stereocenters. The molecule has 3 heterocycles. The van der Waals surface area contributed by atoms with Crippen LogP contribution in [0.25, 0.3) is 28.2 Å². The molecule has 3 aromatic heterocycles. The lowest BCUT2D eigenvalue weighted by Gasteiger charge is -2.08. The van der Waals surface area contributed by atoms with Gasteiger partial charge < -0.3 is 4.74 Å².